The molecule has 1 aromatic heterocycles. The van der Waals surface area contributed by atoms with Crippen LogP contribution in [0.4, 0.5) is 0 Å². The van der Waals surface area contributed by atoms with Crippen molar-refractivity contribution < 1.29 is 50.2 Å². The quantitative estimate of drug-likeness (QED) is 0.129. The smallest absolute Gasteiger partial charge is 0.488 e. The first-order valence-corrected chi connectivity index (χ1v) is 28.5. The molecule has 0 bridgehead atoms. The molecule has 0 saturated carbocycles. The van der Waals surface area contributed by atoms with Gasteiger partial charge in [-0.05, 0) is 165 Å². The van der Waals surface area contributed by atoms with Gasteiger partial charge in [-0.1, -0.05) is 95.2 Å². The van der Waals surface area contributed by atoms with Crippen LogP contribution in [-0.2, 0) is 26.2 Å². The van der Waals surface area contributed by atoms with Crippen LogP contribution in [0.1, 0.15) is 199 Å². The molecule has 0 saturated heterocycles. The standard InChI is InChI=1S/C63H84O11P2/c1-56(2,3)46-33-37(65-60(13,14)15)29-42(51(46)70-75-69-50-28-26-25-27-41(50)55(64)74-75)43-30-38(66-61(16,17)18)34-47(57(4,5)6)52(43)71-76-72-53-44(31-39(67-62(19,20)21)35-48(53)58(7,8)9)45-32-40(68-63(22,23)24)36-49(54(45)73-76)59(10,11)12/h25-36H,1-24H3. The summed E-state index contributed by atoms with van der Waals surface area (Å²) in [5.41, 5.74) is 1.94. The minimum absolute atomic E-state index is 0.321. The maximum atomic E-state index is 13.6. The maximum absolute atomic E-state index is 13.6. The maximum Gasteiger partial charge on any atom is 0.532 e. The fourth-order valence-electron chi connectivity index (χ4n) is 8.80. The SMILES string of the molecule is CC(C)(C)Oc1cc(-c2cc(OC(C)(C)C)cc(C(C)(C)C)c2Op2oc3c(C(C)(C)C)cc(OC(C)(C)C)cc3c3cc(OC(C)(C)C)cc(C(C)(C)C)c3o2)c(OP2OC(=O)c3ccccc3O2)c(C(C)(C)C)c1. The molecule has 0 amide bonds. The molecule has 6 aromatic rings. The highest BCUT2D eigenvalue weighted by Gasteiger charge is 2.38. The Morgan fingerprint density at radius 1 is 0.382 bits per heavy atom. The fourth-order valence-corrected chi connectivity index (χ4v) is 11.0. The number of hydrogen-bond donors (Lipinski definition) is 0. The third-order valence-electron chi connectivity index (χ3n) is 11.9. The molecule has 412 valence electrons. The van der Waals surface area contributed by atoms with Gasteiger partial charge in [0.05, 0.1) is 0 Å². The molecular weight excluding hydrogens is 995 g/mol. The highest BCUT2D eigenvalue weighted by molar-refractivity contribution is 7.43. The molecule has 0 spiro atoms. The number of fused-ring (bicyclic) bond motifs is 4. The summed E-state index contributed by atoms with van der Waals surface area (Å²) in [7, 11) is -4.67. The molecule has 1 unspecified atom stereocenters. The molecule has 0 aliphatic carbocycles. The first kappa shape index (κ1) is 58.2. The zero-order valence-electron chi connectivity index (χ0n) is 49.8. The van der Waals surface area contributed by atoms with E-state index in [9.17, 15) is 4.79 Å². The fraction of sp³-hybridized carbons (Fsp3) is 0.508. The van der Waals surface area contributed by atoms with E-state index in [2.05, 4.69) is 95.2 Å². The molecule has 7 rings (SSSR count). The van der Waals surface area contributed by atoms with E-state index < -0.39 is 66.9 Å². The average molecular weight is 1080 g/mol. The molecule has 1 atom stereocenters. The summed E-state index contributed by atoms with van der Waals surface area (Å²) in [6.07, 6.45) is 0. The van der Waals surface area contributed by atoms with Gasteiger partial charge in [0.1, 0.15) is 79.4 Å². The number of carbonyl (C=O) groups excluding carboxylic acids is 1. The van der Waals surface area contributed by atoms with Crippen molar-refractivity contribution in [2.45, 2.75) is 210 Å². The predicted molar refractivity (Wildman–Crippen MR) is 311 cm³/mol. The second-order valence-corrected chi connectivity index (χ2v) is 30.0. The van der Waals surface area contributed by atoms with E-state index in [1.165, 1.54) is 0 Å². The van der Waals surface area contributed by atoms with Crippen LogP contribution in [0.15, 0.2) is 81.2 Å². The van der Waals surface area contributed by atoms with Crippen LogP contribution in [0.3, 0.4) is 0 Å². The Labute approximate surface area is 455 Å². The molecule has 1 aliphatic heterocycles. The van der Waals surface area contributed by atoms with Crippen molar-refractivity contribution in [3.05, 3.63) is 101 Å². The Kier molecular flexibility index (Phi) is 15.4. The second kappa shape index (κ2) is 20.1. The number of carbonyl (C=O) groups is 1. The molecular formula is C63H84O11P2. The Morgan fingerprint density at radius 3 is 1.09 bits per heavy atom. The van der Waals surface area contributed by atoms with Crippen LogP contribution >= 0.6 is 16.8 Å². The van der Waals surface area contributed by atoms with Crippen molar-refractivity contribution in [1.82, 2.24) is 0 Å². The second-order valence-electron chi connectivity index (χ2n) is 28.0. The molecule has 2 heterocycles. The Bertz CT molecular complexity index is 3100. The van der Waals surface area contributed by atoms with E-state index in [1.807, 2.05) is 126 Å². The summed E-state index contributed by atoms with van der Waals surface area (Å²) in [5.74, 6) is 3.30. The normalized spacial score (nSPS) is 14.9. The lowest BCUT2D eigenvalue weighted by Gasteiger charge is -2.31. The zero-order valence-corrected chi connectivity index (χ0v) is 51.6. The number of para-hydroxylation sites is 1. The lowest BCUT2D eigenvalue weighted by Crippen LogP contribution is -2.24. The largest absolute Gasteiger partial charge is 0.532 e. The highest BCUT2D eigenvalue weighted by atomic mass is 31.2. The number of ether oxygens (including phenoxy) is 4. The first-order valence-electron chi connectivity index (χ1n) is 26.4. The predicted octanol–water partition coefficient (Wildman–Crippen LogP) is 19.6. The third-order valence-corrected chi connectivity index (χ3v) is 13.8. The topological polar surface area (TPSA) is 117 Å². The molecule has 0 N–H and O–H groups in total. The minimum Gasteiger partial charge on any atom is -0.488 e. The van der Waals surface area contributed by atoms with Crippen molar-refractivity contribution in [2.75, 3.05) is 0 Å². The van der Waals surface area contributed by atoms with E-state index >= 15 is 0 Å². The Morgan fingerprint density at radius 2 is 0.724 bits per heavy atom. The average Bonchev–Trinajstić information content (AvgIpc) is 3.36. The van der Waals surface area contributed by atoms with Gasteiger partial charge in [-0.15, -0.1) is 0 Å². The van der Waals surface area contributed by atoms with Gasteiger partial charge >= 0.3 is 22.8 Å². The number of rotatable bonds is 9. The summed E-state index contributed by atoms with van der Waals surface area (Å²) in [5, 5.41) is 1.57. The number of hydrogen-bond acceptors (Lipinski definition) is 11. The highest BCUT2D eigenvalue weighted by Crippen LogP contribution is 2.57. The van der Waals surface area contributed by atoms with Crippen LogP contribution in [0.2, 0.25) is 0 Å². The van der Waals surface area contributed by atoms with Gasteiger partial charge in [0, 0.05) is 44.2 Å². The number of benzene rings is 5. The summed E-state index contributed by atoms with van der Waals surface area (Å²) < 4.78 is 68.7. The summed E-state index contributed by atoms with van der Waals surface area (Å²) in [6, 6.07) is 23.2. The molecule has 5 aromatic carbocycles. The van der Waals surface area contributed by atoms with Gasteiger partial charge in [0.2, 0.25) is 0 Å². The molecule has 13 heteroatoms. The van der Waals surface area contributed by atoms with Gasteiger partial charge in [-0.2, -0.15) is 0 Å². The van der Waals surface area contributed by atoms with Crippen molar-refractivity contribution >= 4 is 44.8 Å². The van der Waals surface area contributed by atoms with Crippen LogP contribution in [0.5, 0.6) is 40.2 Å². The van der Waals surface area contributed by atoms with Gasteiger partial charge in [-0.3, -0.25) is 0 Å². The molecule has 0 fully saturated rings. The molecule has 1 aliphatic rings. The first-order chi connectivity index (χ1) is 34.5. The Hall–Kier alpha value is -5.50. The van der Waals surface area contributed by atoms with Crippen LogP contribution in [-0.4, -0.2) is 28.4 Å². The zero-order chi connectivity index (χ0) is 56.7. The van der Waals surface area contributed by atoms with E-state index in [1.54, 1.807) is 18.2 Å². The third kappa shape index (κ3) is 14.0. The van der Waals surface area contributed by atoms with Crippen molar-refractivity contribution in [3.8, 4) is 51.4 Å². The van der Waals surface area contributed by atoms with Crippen LogP contribution < -0.4 is 32.5 Å². The minimum atomic E-state index is -2.36. The summed E-state index contributed by atoms with van der Waals surface area (Å²) in [4.78, 5) is 13.6. The molecule has 0 radical (unpaired) electrons. The van der Waals surface area contributed by atoms with Crippen LogP contribution in [0, 0.1) is 0 Å². The molecule has 76 heavy (non-hydrogen) atoms. The van der Waals surface area contributed by atoms with Crippen LogP contribution in [0.25, 0.3) is 33.1 Å². The van der Waals surface area contributed by atoms with Gasteiger partial charge < -0.3 is 45.4 Å². The van der Waals surface area contributed by atoms with Crippen molar-refractivity contribution in [2.24, 2.45) is 0 Å². The monoisotopic (exact) mass is 1080 g/mol. The van der Waals surface area contributed by atoms with Gasteiger partial charge in [-0.25, -0.2) is 4.79 Å². The summed E-state index contributed by atoms with van der Waals surface area (Å²) in [6.45, 7) is 50.1. The van der Waals surface area contributed by atoms with Crippen molar-refractivity contribution in [1.29, 1.82) is 0 Å². The lowest BCUT2D eigenvalue weighted by atomic mass is 9.81. The van der Waals surface area contributed by atoms with E-state index in [0.29, 0.717) is 68.1 Å². The van der Waals surface area contributed by atoms with E-state index in [-0.39, 0.29) is 0 Å². The van der Waals surface area contributed by atoms with Crippen molar-refractivity contribution in [3.63, 3.8) is 0 Å². The lowest BCUT2D eigenvalue weighted by molar-refractivity contribution is 0.0696. The van der Waals surface area contributed by atoms with E-state index in [4.69, 9.17) is 45.4 Å². The van der Waals surface area contributed by atoms with E-state index in [0.717, 1.165) is 33.0 Å². The Balaban J connectivity index is 1.67. The molecule has 11 nitrogen and oxygen atoms in total. The van der Waals surface area contributed by atoms with Gasteiger partial charge in [0.25, 0.3) is 0 Å². The summed E-state index contributed by atoms with van der Waals surface area (Å²) >= 11 is 0. The van der Waals surface area contributed by atoms with Gasteiger partial charge in [0.15, 0.2) is 0 Å².